The molecule has 0 radical (unpaired) electrons. The first-order chi connectivity index (χ1) is 8.15. The lowest BCUT2D eigenvalue weighted by Gasteiger charge is -2.08. The van der Waals surface area contributed by atoms with Crippen molar-refractivity contribution in [3.05, 3.63) is 52.1 Å². The number of aryl methyl sites for hydroxylation is 1. The molecule has 88 valence electrons. The van der Waals surface area contributed by atoms with Gasteiger partial charge < -0.3 is 15.5 Å². The van der Waals surface area contributed by atoms with E-state index in [4.69, 9.17) is 10.5 Å². The molecule has 0 aliphatic heterocycles. The summed E-state index contributed by atoms with van der Waals surface area (Å²) in [6.45, 7) is 2.13. The monoisotopic (exact) mass is 231 g/mol. The number of hydrogen-bond acceptors (Lipinski definition) is 4. The summed E-state index contributed by atoms with van der Waals surface area (Å²) in [4.78, 5) is 17.7. The van der Waals surface area contributed by atoms with Crippen LogP contribution in [0.5, 0.6) is 5.75 Å². The summed E-state index contributed by atoms with van der Waals surface area (Å²) in [7, 11) is 0. The maximum absolute atomic E-state index is 11.2. The van der Waals surface area contributed by atoms with Crippen molar-refractivity contribution in [2.45, 2.75) is 13.5 Å². The van der Waals surface area contributed by atoms with Crippen LogP contribution in [0.1, 0.15) is 11.4 Å². The highest BCUT2D eigenvalue weighted by Crippen LogP contribution is 2.16. The van der Waals surface area contributed by atoms with Gasteiger partial charge in [0.2, 0.25) is 0 Å². The lowest BCUT2D eigenvalue weighted by atomic mass is 10.2. The van der Waals surface area contributed by atoms with Gasteiger partial charge in [0.15, 0.2) is 0 Å². The van der Waals surface area contributed by atoms with Crippen LogP contribution in [-0.4, -0.2) is 9.97 Å². The second kappa shape index (κ2) is 4.69. The third-order valence-corrected chi connectivity index (χ3v) is 2.27. The maximum atomic E-state index is 11.2. The molecule has 1 aromatic heterocycles. The van der Waals surface area contributed by atoms with E-state index < -0.39 is 0 Å². The Balaban J connectivity index is 2.13. The number of nitrogens with one attached hydrogen (secondary N) is 1. The van der Waals surface area contributed by atoms with Crippen LogP contribution in [0.25, 0.3) is 0 Å². The molecule has 1 heterocycles. The van der Waals surface area contributed by atoms with Crippen LogP contribution < -0.4 is 16.0 Å². The van der Waals surface area contributed by atoms with E-state index in [1.165, 1.54) is 6.07 Å². The number of nitrogen functional groups attached to an aromatic ring is 1. The minimum atomic E-state index is -0.277. The van der Waals surface area contributed by atoms with Crippen molar-refractivity contribution in [3.8, 4) is 5.75 Å². The number of nitrogens with zero attached hydrogens (tertiary/aromatic N) is 1. The quantitative estimate of drug-likeness (QED) is 0.832. The van der Waals surface area contributed by atoms with E-state index in [2.05, 4.69) is 9.97 Å². The van der Waals surface area contributed by atoms with E-state index in [0.29, 0.717) is 5.82 Å². The molecule has 0 atom stereocenters. The summed E-state index contributed by atoms with van der Waals surface area (Å²) in [5, 5.41) is 0. The Labute approximate surface area is 98.3 Å². The predicted octanol–water partition coefficient (Wildman–Crippen LogP) is 1.24. The molecule has 0 bridgehead atoms. The Bertz CT molecular complexity index is 578. The fraction of sp³-hybridized carbons (Fsp3) is 0.167. The minimum absolute atomic E-state index is 0.186. The lowest BCUT2D eigenvalue weighted by molar-refractivity contribution is 0.293. The zero-order valence-corrected chi connectivity index (χ0v) is 9.43. The maximum Gasteiger partial charge on any atom is 0.253 e. The predicted molar refractivity (Wildman–Crippen MR) is 64.8 cm³/mol. The van der Waals surface area contributed by atoms with Gasteiger partial charge in [-0.25, -0.2) is 4.98 Å². The summed E-state index contributed by atoms with van der Waals surface area (Å²) < 4.78 is 5.54. The van der Waals surface area contributed by atoms with Crippen LogP contribution >= 0.6 is 0 Å². The largest absolute Gasteiger partial charge is 0.485 e. The molecular weight excluding hydrogens is 218 g/mol. The number of para-hydroxylation sites is 1. The third-order valence-electron chi connectivity index (χ3n) is 2.27. The second-order valence-electron chi connectivity index (χ2n) is 3.67. The molecule has 2 aromatic rings. The number of ether oxygens (including phenoxy) is 1. The molecular formula is C12H13N3O2. The Morgan fingerprint density at radius 3 is 2.88 bits per heavy atom. The first-order valence-electron chi connectivity index (χ1n) is 5.19. The topological polar surface area (TPSA) is 81.0 Å². The van der Waals surface area contributed by atoms with Gasteiger partial charge in [0.1, 0.15) is 24.0 Å². The zero-order chi connectivity index (χ0) is 12.3. The SMILES string of the molecule is Cc1ccccc1OCc1nc(N)cc(=O)[nH]1. The fourth-order valence-corrected chi connectivity index (χ4v) is 1.46. The fourth-order valence-electron chi connectivity index (χ4n) is 1.46. The van der Waals surface area contributed by atoms with Crippen molar-refractivity contribution in [1.82, 2.24) is 9.97 Å². The first-order valence-corrected chi connectivity index (χ1v) is 5.19. The van der Waals surface area contributed by atoms with Crippen LogP contribution in [0.2, 0.25) is 0 Å². The Morgan fingerprint density at radius 1 is 1.41 bits per heavy atom. The summed E-state index contributed by atoms with van der Waals surface area (Å²) in [6, 6.07) is 8.86. The van der Waals surface area contributed by atoms with E-state index in [9.17, 15) is 4.79 Å². The molecule has 0 saturated heterocycles. The lowest BCUT2D eigenvalue weighted by Crippen LogP contribution is -2.14. The zero-order valence-electron chi connectivity index (χ0n) is 9.43. The van der Waals surface area contributed by atoms with E-state index in [-0.39, 0.29) is 18.0 Å². The molecule has 17 heavy (non-hydrogen) atoms. The van der Waals surface area contributed by atoms with Gasteiger partial charge in [0, 0.05) is 6.07 Å². The van der Waals surface area contributed by atoms with Crippen LogP contribution in [-0.2, 0) is 6.61 Å². The molecule has 5 nitrogen and oxygen atoms in total. The number of aromatic nitrogens is 2. The standard InChI is InChI=1S/C12H13N3O2/c1-8-4-2-3-5-9(8)17-7-11-14-10(13)6-12(16)15-11/h2-6H,7H2,1H3,(H3,13,14,15,16). The van der Waals surface area contributed by atoms with Crippen molar-refractivity contribution in [2.75, 3.05) is 5.73 Å². The number of nitrogens with two attached hydrogens (primary N) is 1. The van der Waals surface area contributed by atoms with Gasteiger partial charge in [-0.2, -0.15) is 0 Å². The van der Waals surface area contributed by atoms with Crippen LogP contribution in [0.4, 0.5) is 5.82 Å². The number of benzene rings is 1. The van der Waals surface area contributed by atoms with E-state index in [1.54, 1.807) is 0 Å². The van der Waals surface area contributed by atoms with Gasteiger partial charge in [-0.15, -0.1) is 0 Å². The van der Waals surface area contributed by atoms with Gasteiger partial charge in [-0.3, -0.25) is 4.79 Å². The van der Waals surface area contributed by atoms with Crippen LogP contribution in [0.15, 0.2) is 35.1 Å². The molecule has 2 rings (SSSR count). The summed E-state index contributed by atoms with van der Waals surface area (Å²) in [6.07, 6.45) is 0. The minimum Gasteiger partial charge on any atom is -0.485 e. The molecule has 5 heteroatoms. The van der Waals surface area contributed by atoms with Gasteiger partial charge in [0.05, 0.1) is 0 Å². The molecule has 0 amide bonds. The van der Waals surface area contributed by atoms with Gasteiger partial charge in [-0.1, -0.05) is 18.2 Å². The van der Waals surface area contributed by atoms with E-state index in [0.717, 1.165) is 11.3 Å². The Hall–Kier alpha value is -2.30. The van der Waals surface area contributed by atoms with Gasteiger partial charge in [0.25, 0.3) is 5.56 Å². The summed E-state index contributed by atoms with van der Waals surface area (Å²) >= 11 is 0. The number of anilines is 1. The van der Waals surface area contributed by atoms with Crippen molar-refractivity contribution in [1.29, 1.82) is 0 Å². The highest BCUT2D eigenvalue weighted by molar-refractivity contribution is 5.32. The second-order valence-corrected chi connectivity index (χ2v) is 3.67. The Morgan fingerprint density at radius 2 is 2.18 bits per heavy atom. The molecule has 3 N–H and O–H groups in total. The third kappa shape index (κ3) is 2.84. The van der Waals surface area contributed by atoms with Crippen molar-refractivity contribution < 1.29 is 4.74 Å². The van der Waals surface area contributed by atoms with Crippen molar-refractivity contribution in [2.24, 2.45) is 0 Å². The molecule has 0 aliphatic rings. The smallest absolute Gasteiger partial charge is 0.253 e. The van der Waals surface area contributed by atoms with Gasteiger partial charge in [-0.05, 0) is 18.6 Å². The van der Waals surface area contributed by atoms with E-state index >= 15 is 0 Å². The molecule has 0 saturated carbocycles. The number of hydrogen-bond donors (Lipinski definition) is 2. The van der Waals surface area contributed by atoms with Crippen molar-refractivity contribution in [3.63, 3.8) is 0 Å². The average molecular weight is 231 g/mol. The van der Waals surface area contributed by atoms with Crippen molar-refractivity contribution >= 4 is 5.82 Å². The number of aromatic amines is 1. The van der Waals surface area contributed by atoms with Crippen LogP contribution in [0.3, 0.4) is 0 Å². The average Bonchev–Trinajstić information content (AvgIpc) is 2.27. The van der Waals surface area contributed by atoms with Gasteiger partial charge >= 0.3 is 0 Å². The van der Waals surface area contributed by atoms with E-state index in [1.807, 2.05) is 31.2 Å². The molecule has 0 spiro atoms. The highest BCUT2D eigenvalue weighted by atomic mass is 16.5. The molecule has 0 aliphatic carbocycles. The summed E-state index contributed by atoms with van der Waals surface area (Å²) in [5.41, 5.74) is 6.22. The molecule has 1 aromatic carbocycles. The number of H-pyrrole nitrogens is 1. The Kier molecular flexibility index (Phi) is 3.09. The molecule has 0 fully saturated rings. The number of rotatable bonds is 3. The first kappa shape index (κ1) is 11.2. The summed E-state index contributed by atoms with van der Waals surface area (Å²) in [5.74, 6) is 1.37. The van der Waals surface area contributed by atoms with Crippen LogP contribution in [0, 0.1) is 6.92 Å². The molecule has 0 unspecified atom stereocenters. The normalized spacial score (nSPS) is 10.2. The highest BCUT2D eigenvalue weighted by Gasteiger charge is 2.02.